The molecule has 4 nitrogen and oxygen atoms in total. The Hall–Kier alpha value is -2.20. The van der Waals surface area contributed by atoms with Crippen LogP contribution in [0.3, 0.4) is 0 Å². The van der Waals surface area contributed by atoms with Crippen LogP contribution in [0.25, 0.3) is 0 Å². The number of ether oxygens (including phenoxy) is 2. The molecule has 0 aliphatic heterocycles. The van der Waals surface area contributed by atoms with Crippen LogP contribution in [0.2, 0.25) is 5.02 Å². The van der Waals surface area contributed by atoms with Gasteiger partial charge in [-0.05, 0) is 49.4 Å². The van der Waals surface area contributed by atoms with Gasteiger partial charge in [-0.3, -0.25) is 4.79 Å². The first kappa shape index (κ1) is 15.2. The summed E-state index contributed by atoms with van der Waals surface area (Å²) in [5, 5.41) is 0.646. The van der Waals surface area contributed by atoms with Gasteiger partial charge in [0, 0.05) is 16.1 Å². The van der Waals surface area contributed by atoms with Crippen molar-refractivity contribution in [1.29, 1.82) is 0 Å². The monoisotopic (exact) mass is 305 g/mol. The van der Waals surface area contributed by atoms with E-state index in [1.807, 2.05) is 6.92 Å². The average molecular weight is 306 g/mol. The van der Waals surface area contributed by atoms with Gasteiger partial charge in [0.2, 0.25) is 5.91 Å². The topological polar surface area (TPSA) is 61.5 Å². The van der Waals surface area contributed by atoms with Gasteiger partial charge in [-0.1, -0.05) is 11.6 Å². The van der Waals surface area contributed by atoms with Crippen LogP contribution >= 0.6 is 11.6 Å². The molecule has 0 spiro atoms. The molecule has 0 radical (unpaired) electrons. The van der Waals surface area contributed by atoms with Crippen molar-refractivity contribution in [2.24, 2.45) is 5.73 Å². The molecule has 0 saturated heterocycles. The first-order chi connectivity index (χ1) is 10.1. The molecule has 0 unspecified atom stereocenters. The summed E-state index contributed by atoms with van der Waals surface area (Å²) in [6.45, 7) is 2.70. The Labute approximate surface area is 128 Å². The predicted molar refractivity (Wildman–Crippen MR) is 81.9 cm³/mol. The van der Waals surface area contributed by atoms with Gasteiger partial charge in [0.15, 0.2) is 0 Å². The van der Waals surface area contributed by atoms with Gasteiger partial charge < -0.3 is 15.2 Å². The molecule has 21 heavy (non-hydrogen) atoms. The van der Waals surface area contributed by atoms with E-state index in [2.05, 4.69) is 0 Å². The lowest BCUT2D eigenvalue weighted by molar-refractivity contribution is 0.1000. The van der Waals surface area contributed by atoms with Crippen molar-refractivity contribution in [3.63, 3.8) is 0 Å². The van der Waals surface area contributed by atoms with Crippen LogP contribution in [0.15, 0.2) is 42.5 Å². The third kappa shape index (κ3) is 4.13. The number of nitrogens with two attached hydrogens (primary N) is 1. The Balaban J connectivity index is 2.17. The van der Waals surface area contributed by atoms with Crippen LogP contribution < -0.4 is 15.2 Å². The molecule has 1 amide bonds. The number of rotatable bonds is 6. The van der Waals surface area contributed by atoms with Gasteiger partial charge in [-0.15, -0.1) is 0 Å². The number of hydrogen-bond donors (Lipinski definition) is 1. The van der Waals surface area contributed by atoms with Crippen LogP contribution in [0.5, 0.6) is 11.5 Å². The maximum Gasteiger partial charge on any atom is 0.248 e. The summed E-state index contributed by atoms with van der Waals surface area (Å²) in [5.41, 5.74) is 6.49. The first-order valence-corrected chi connectivity index (χ1v) is 6.92. The number of primary amides is 1. The molecule has 0 atom stereocenters. The SMILES string of the molecule is CCOc1ccc(C(N)=O)cc1COc1ccc(Cl)cc1. The lowest BCUT2D eigenvalue weighted by atomic mass is 10.1. The van der Waals surface area contributed by atoms with Gasteiger partial charge >= 0.3 is 0 Å². The lowest BCUT2D eigenvalue weighted by Gasteiger charge is -2.12. The minimum Gasteiger partial charge on any atom is -0.493 e. The van der Waals surface area contributed by atoms with Crippen molar-refractivity contribution < 1.29 is 14.3 Å². The van der Waals surface area contributed by atoms with Gasteiger partial charge in [0.1, 0.15) is 18.1 Å². The number of carbonyl (C=O) groups excluding carboxylic acids is 1. The van der Waals surface area contributed by atoms with Gasteiger partial charge in [-0.2, -0.15) is 0 Å². The molecule has 5 heteroatoms. The summed E-state index contributed by atoms with van der Waals surface area (Å²) < 4.78 is 11.2. The van der Waals surface area contributed by atoms with E-state index >= 15 is 0 Å². The van der Waals surface area contributed by atoms with E-state index in [0.29, 0.717) is 28.7 Å². The van der Waals surface area contributed by atoms with Crippen LogP contribution in [0, 0.1) is 0 Å². The fourth-order valence-corrected chi connectivity index (χ4v) is 1.96. The first-order valence-electron chi connectivity index (χ1n) is 6.54. The van der Waals surface area contributed by atoms with E-state index in [1.54, 1.807) is 42.5 Å². The Bertz CT molecular complexity index is 626. The molecule has 2 rings (SSSR count). The van der Waals surface area contributed by atoms with Crippen molar-refractivity contribution in [2.75, 3.05) is 6.61 Å². The van der Waals surface area contributed by atoms with E-state index < -0.39 is 5.91 Å². The summed E-state index contributed by atoms with van der Waals surface area (Å²) in [7, 11) is 0. The highest BCUT2D eigenvalue weighted by Crippen LogP contribution is 2.23. The van der Waals surface area contributed by atoms with E-state index in [9.17, 15) is 4.79 Å². The number of carbonyl (C=O) groups is 1. The Morgan fingerprint density at radius 1 is 1.14 bits per heavy atom. The smallest absolute Gasteiger partial charge is 0.248 e. The quantitative estimate of drug-likeness (QED) is 0.889. The number of benzene rings is 2. The maximum absolute atomic E-state index is 11.3. The van der Waals surface area contributed by atoms with Crippen molar-refractivity contribution >= 4 is 17.5 Å². The molecule has 0 bridgehead atoms. The molecular formula is C16H16ClNO3. The molecule has 0 heterocycles. The number of amides is 1. The van der Waals surface area contributed by atoms with Gasteiger partial charge in [0.05, 0.1) is 6.61 Å². The van der Waals surface area contributed by atoms with E-state index in [1.165, 1.54) is 0 Å². The average Bonchev–Trinajstić information content (AvgIpc) is 2.48. The van der Waals surface area contributed by atoms with Crippen LogP contribution in [0.4, 0.5) is 0 Å². The number of halogens is 1. The molecule has 2 aromatic rings. The molecular weight excluding hydrogens is 290 g/mol. The van der Waals surface area contributed by atoms with Crippen LogP contribution in [0.1, 0.15) is 22.8 Å². The maximum atomic E-state index is 11.3. The fraction of sp³-hybridized carbons (Fsp3) is 0.188. The highest BCUT2D eigenvalue weighted by atomic mass is 35.5. The van der Waals surface area contributed by atoms with E-state index in [4.69, 9.17) is 26.8 Å². The normalized spacial score (nSPS) is 10.2. The standard InChI is InChI=1S/C16H16ClNO3/c1-2-20-15-8-3-11(16(18)19)9-12(15)10-21-14-6-4-13(17)5-7-14/h3-9H,2,10H2,1H3,(H2,18,19). The minimum absolute atomic E-state index is 0.276. The zero-order valence-corrected chi connectivity index (χ0v) is 12.4. The van der Waals surface area contributed by atoms with Crippen molar-refractivity contribution in [2.45, 2.75) is 13.5 Å². The molecule has 0 aromatic heterocycles. The summed E-state index contributed by atoms with van der Waals surface area (Å²) in [5.74, 6) is 0.883. The predicted octanol–water partition coefficient (Wildman–Crippen LogP) is 3.42. The van der Waals surface area contributed by atoms with Crippen LogP contribution in [-0.4, -0.2) is 12.5 Å². The molecule has 0 aliphatic rings. The zero-order chi connectivity index (χ0) is 15.2. The molecule has 0 saturated carbocycles. The molecule has 0 fully saturated rings. The summed E-state index contributed by atoms with van der Waals surface area (Å²) in [4.78, 5) is 11.3. The fourth-order valence-electron chi connectivity index (χ4n) is 1.83. The highest BCUT2D eigenvalue weighted by Gasteiger charge is 2.09. The number of hydrogen-bond acceptors (Lipinski definition) is 3. The van der Waals surface area contributed by atoms with E-state index in [0.717, 1.165) is 5.56 Å². The summed E-state index contributed by atoms with van der Waals surface area (Å²) in [6.07, 6.45) is 0. The third-order valence-electron chi connectivity index (χ3n) is 2.85. The lowest BCUT2D eigenvalue weighted by Crippen LogP contribution is -2.12. The van der Waals surface area contributed by atoms with Crippen molar-refractivity contribution in [3.05, 3.63) is 58.6 Å². The van der Waals surface area contributed by atoms with Gasteiger partial charge in [0.25, 0.3) is 0 Å². The van der Waals surface area contributed by atoms with Crippen molar-refractivity contribution in [3.8, 4) is 11.5 Å². The summed E-state index contributed by atoms with van der Waals surface area (Å²) in [6, 6.07) is 12.1. The second-order valence-corrected chi connectivity index (χ2v) is 4.80. The molecule has 2 aromatic carbocycles. The minimum atomic E-state index is -0.481. The Kier molecular flexibility index (Phi) is 5.06. The summed E-state index contributed by atoms with van der Waals surface area (Å²) >= 11 is 5.82. The molecule has 2 N–H and O–H groups in total. The zero-order valence-electron chi connectivity index (χ0n) is 11.6. The second kappa shape index (κ2) is 6.99. The largest absolute Gasteiger partial charge is 0.493 e. The highest BCUT2D eigenvalue weighted by molar-refractivity contribution is 6.30. The molecule has 0 aliphatic carbocycles. The molecule has 110 valence electrons. The third-order valence-corrected chi connectivity index (χ3v) is 3.10. The van der Waals surface area contributed by atoms with Crippen LogP contribution in [-0.2, 0) is 6.61 Å². The van der Waals surface area contributed by atoms with Gasteiger partial charge in [-0.25, -0.2) is 0 Å². The van der Waals surface area contributed by atoms with E-state index in [-0.39, 0.29) is 6.61 Å². The second-order valence-electron chi connectivity index (χ2n) is 4.36. The Morgan fingerprint density at radius 3 is 2.48 bits per heavy atom. The Morgan fingerprint density at radius 2 is 1.86 bits per heavy atom. The van der Waals surface area contributed by atoms with Crippen molar-refractivity contribution in [1.82, 2.24) is 0 Å².